The summed E-state index contributed by atoms with van der Waals surface area (Å²) >= 11 is 0. The maximum absolute atomic E-state index is 12.1. The highest BCUT2D eigenvalue weighted by Gasteiger charge is 2.56. The zero-order valence-electron chi connectivity index (χ0n) is 23.7. The van der Waals surface area contributed by atoms with Gasteiger partial charge < -0.3 is 105 Å². The Morgan fingerprint density at radius 2 is 0.848 bits per heavy atom. The van der Waals surface area contributed by atoms with Crippen LogP contribution in [0.4, 0.5) is 0 Å². The third kappa shape index (κ3) is 7.31. The van der Waals surface area contributed by atoms with Gasteiger partial charge in [0, 0.05) is 0 Å². The summed E-state index contributed by atoms with van der Waals surface area (Å²) in [6.45, 7) is -2.65. The molecule has 4 rings (SSSR count). The van der Waals surface area contributed by atoms with Crippen LogP contribution in [0.15, 0.2) is 0 Å². The molecular weight excluding hydrogens is 640 g/mol. The van der Waals surface area contributed by atoms with E-state index in [0.717, 1.165) is 0 Å². The van der Waals surface area contributed by atoms with Crippen LogP contribution in [0.2, 0.25) is 0 Å². The molecule has 0 aromatic heterocycles. The van der Waals surface area contributed by atoms with Crippen LogP contribution in [0, 0.1) is 0 Å². The van der Waals surface area contributed by atoms with Gasteiger partial charge in [-0.05, 0) is 0 Å². The number of ether oxygens (including phenoxy) is 7. The molecule has 4 heterocycles. The first-order valence-corrected chi connectivity index (χ1v) is 14.1. The molecule has 0 aromatic carbocycles. The minimum absolute atomic E-state index is 0.813. The Labute approximate surface area is 258 Å². The zero-order chi connectivity index (χ0) is 34.2. The van der Waals surface area contributed by atoms with E-state index in [1.54, 1.807) is 0 Å². The molecule has 22 heteroatoms. The van der Waals surface area contributed by atoms with Gasteiger partial charge in [-0.2, -0.15) is 0 Å². The van der Waals surface area contributed by atoms with Gasteiger partial charge in [0.1, 0.15) is 91.6 Å². The number of hydrogen-bond donors (Lipinski definition) is 14. The Kier molecular flexibility index (Phi) is 12.6. The standard InChI is InChI=1S/C24H40O22/c25-1-4-7(28)8(29)13(34)22(41-4)43-17-6(3-27)42-23(14(35)10(17)31)45-18-11(32)15(36)24(46-19(18)20(37)38)44-16-5(2-26)40-21(39)12(33)9(16)30/h4-19,21-36,39H,1-3H2,(H,37,38)/t4?,5?,6?,7-,8?,9?,10?,11?,12?,13?,14?,15?,16-,17+,18+,19?,21-,22-,23-,24-/m1/s1. The molecule has 0 radical (unpaired) electrons. The summed E-state index contributed by atoms with van der Waals surface area (Å²) in [5.74, 6) is -1.81. The van der Waals surface area contributed by atoms with Crippen molar-refractivity contribution in [3.8, 4) is 0 Å². The van der Waals surface area contributed by atoms with E-state index in [2.05, 4.69) is 0 Å². The number of aliphatic carboxylic acids is 1. The lowest BCUT2D eigenvalue weighted by Gasteiger charge is -2.48. The number of aliphatic hydroxyl groups is 13. The molecule has 0 aromatic rings. The number of aliphatic hydroxyl groups excluding tert-OH is 13. The van der Waals surface area contributed by atoms with Crippen LogP contribution in [0.25, 0.3) is 0 Å². The van der Waals surface area contributed by atoms with Crippen molar-refractivity contribution in [2.45, 2.75) is 123 Å². The van der Waals surface area contributed by atoms with Crippen LogP contribution in [0.1, 0.15) is 0 Å². The Morgan fingerprint density at radius 1 is 0.457 bits per heavy atom. The van der Waals surface area contributed by atoms with E-state index in [1.807, 2.05) is 0 Å². The van der Waals surface area contributed by atoms with Crippen molar-refractivity contribution in [1.82, 2.24) is 0 Å². The molecule has 4 saturated heterocycles. The quantitative estimate of drug-likeness (QED) is 0.102. The molecule has 22 nitrogen and oxygen atoms in total. The van der Waals surface area contributed by atoms with Gasteiger partial charge in [0.05, 0.1) is 19.8 Å². The van der Waals surface area contributed by atoms with Gasteiger partial charge >= 0.3 is 5.97 Å². The fourth-order valence-electron chi connectivity index (χ4n) is 5.51. The SMILES string of the molecule is O=C(O)C1O[C@@H](O[C@@H]2C(CO)O[C@@H](O)C(O)C2O)C(O)C(O)[C@@H]1O[C@H]1OC(CO)[C@H](O[C@H]2OC(CO)[C@@H](O)C(O)C2O)C(O)C1O. The van der Waals surface area contributed by atoms with Crippen molar-refractivity contribution in [2.75, 3.05) is 19.8 Å². The van der Waals surface area contributed by atoms with Crippen molar-refractivity contribution in [3.63, 3.8) is 0 Å². The van der Waals surface area contributed by atoms with Crippen molar-refractivity contribution in [3.05, 3.63) is 0 Å². The fourth-order valence-corrected chi connectivity index (χ4v) is 5.51. The first-order valence-electron chi connectivity index (χ1n) is 14.1. The lowest BCUT2D eigenvalue weighted by atomic mass is 9.95. The zero-order valence-corrected chi connectivity index (χ0v) is 23.7. The van der Waals surface area contributed by atoms with E-state index in [9.17, 15) is 76.3 Å². The molecule has 4 aliphatic rings. The molecule has 0 spiro atoms. The highest BCUT2D eigenvalue weighted by Crippen LogP contribution is 2.34. The van der Waals surface area contributed by atoms with Crippen LogP contribution >= 0.6 is 0 Å². The third-order valence-electron chi connectivity index (χ3n) is 8.17. The topological polar surface area (TPSA) is 365 Å². The molecule has 0 bridgehead atoms. The van der Waals surface area contributed by atoms with Crippen molar-refractivity contribution in [2.24, 2.45) is 0 Å². The lowest BCUT2D eigenvalue weighted by Crippen LogP contribution is -2.68. The van der Waals surface area contributed by atoms with Crippen molar-refractivity contribution in [1.29, 1.82) is 0 Å². The van der Waals surface area contributed by atoms with E-state index in [1.165, 1.54) is 0 Å². The average molecular weight is 681 g/mol. The Bertz CT molecular complexity index is 986. The van der Waals surface area contributed by atoms with Gasteiger partial charge in [-0.25, -0.2) is 4.79 Å². The predicted octanol–water partition coefficient (Wildman–Crippen LogP) is -9.66. The monoisotopic (exact) mass is 680 g/mol. The molecule has 12 unspecified atom stereocenters. The van der Waals surface area contributed by atoms with E-state index in [4.69, 9.17) is 33.2 Å². The summed E-state index contributed by atoms with van der Waals surface area (Å²) in [6, 6.07) is 0. The molecular formula is C24H40O22. The largest absolute Gasteiger partial charge is 0.479 e. The Morgan fingerprint density at radius 3 is 1.35 bits per heavy atom. The van der Waals surface area contributed by atoms with E-state index < -0.39 is 149 Å². The number of hydrogen-bond acceptors (Lipinski definition) is 21. The summed E-state index contributed by atoms with van der Waals surface area (Å²) in [5.41, 5.74) is 0. The Balaban J connectivity index is 1.46. The van der Waals surface area contributed by atoms with E-state index in [0.29, 0.717) is 0 Å². The average Bonchev–Trinajstić information content (AvgIpc) is 3.03. The minimum atomic E-state index is -2.21. The lowest BCUT2D eigenvalue weighted by molar-refractivity contribution is -0.384. The van der Waals surface area contributed by atoms with Gasteiger partial charge in [-0.15, -0.1) is 0 Å². The predicted molar refractivity (Wildman–Crippen MR) is 134 cm³/mol. The number of carbonyl (C=O) groups is 1. The summed E-state index contributed by atoms with van der Waals surface area (Å²) in [7, 11) is 0. The molecule has 20 atom stereocenters. The molecule has 4 aliphatic heterocycles. The summed E-state index contributed by atoms with van der Waals surface area (Å²) in [6.07, 6.45) is -38.1. The van der Waals surface area contributed by atoms with Crippen LogP contribution < -0.4 is 0 Å². The summed E-state index contributed by atoms with van der Waals surface area (Å²) < 4.78 is 37.0. The van der Waals surface area contributed by atoms with Crippen molar-refractivity contribution >= 4 is 5.97 Å². The molecule has 0 saturated carbocycles. The van der Waals surface area contributed by atoms with Gasteiger partial charge in [0.25, 0.3) is 0 Å². The first kappa shape index (κ1) is 37.5. The molecule has 46 heavy (non-hydrogen) atoms. The Hall–Kier alpha value is -1.33. The molecule has 4 fully saturated rings. The van der Waals surface area contributed by atoms with Crippen LogP contribution in [-0.4, -0.2) is 220 Å². The first-order chi connectivity index (χ1) is 21.7. The second kappa shape index (κ2) is 15.5. The van der Waals surface area contributed by atoms with Crippen LogP contribution in [-0.2, 0) is 38.0 Å². The maximum Gasteiger partial charge on any atom is 0.335 e. The third-order valence-corrected chi connectivity index (χ3v) is 8.17. The number of carboxylic acid groups (broad SMARTS) is 1. The van der Waals surface area contributed by atoms with E-state index >= 15 is 0 Å². The minimum Gasteiger partial charge on any atom is -0.479 e. The van der Waals surface area contributed by atoms with Crippen molar-refractivity contribution < 1.29 is 109 Å². The molecule has 14 N–H and O–H groups in total. The molecule has 268 valence electrons. The fraction of sp³-hybridized carbons (Fsp3) is 0.958. The summed E-state index contributed by atoms with van der Waals surface area (Å²) in [4.78, 5) is 12.1. The number of rotatable bonds is 10. The molecule has 0 aliphatic carbocycles. The second-order valence-electron chi connectivity index (χ2n) is 11.2. The number of carboxylic acids is 1. The van der Waals surface area contributed by atoms with Crippen LogP contribution in [0.3, 0.4) is 0 Å². The maximum atomic E-state index is 12.1. The van der Waals surface area contributed by atoms with Gasteiger partial charge in [0.15, 0.2) is 31.3 Å². The van der Waals surface area contributed by atoms with Gasteiger partial charge in [0.2, 0.25) is 0 Å². The smallest absolute Gasteiger partial charge is 0.335 e. The van der Waals surface area contributed by atoms with Crippen LogP contribution in [0.5, 0.6) is 0 Å². The summed E-state index contributed by atoms with van der Waals surface area (Å²) in [5, 5.41) is 142. The van der Waals surface area contributed by atoms with Gasteiger partial charge in [-0.3, -0.25) is 0 Å². The normalized spacial score (nSPS) is 51.9. The van der Waals surface area contributed by atoms with Gasteiger partial charge in [-0.1, -0.05) is 0 Å². The highest BCUT2D eigenvalue weighted by atomic mass is 16.8. The molecule has 0 amide bonds. The van der Waals surface area contributed by atoms with E-state index in [-0.39, 0.29) is 0 Å². The second-order valence-corrected chi connectivity index (χ2v) is 11.2. The highest BCUT2D eigenvalue weighted by molar-refractivity contribution is 5.73.